The number of nitrogens with one attached hydrogen (secondary N) is 2. The first kappa shape index (κ1) is 16.5. The normalized spacial score (nSPS) is 20.5. The Balaban J connectivity index is 1.49. The highest BCUT2D eigenvalue weighted by molar-refractivity contribution is 5.92. The van der Waals surface area contributed by atoms with Gasteiger partial charge in [-0.25, -0.2) is 0 Å². The van der Waals surface area contributed by atoms with Crippen LogP contribution in [0.5, 0.6) is 0 Å². The Morgan fingerprint density at radius 1 is 1.12 bits per heavy atom. The summed E-state index contributed by atoms with van der Waals surface area (Å²) in [6.07, 6.45) is 4.39. The van der Waals surface area contributed by atoms with Crippen molar-refractivity contribution in [1.82, 2.24) is 5.32 Å². The minimum Gasteiger partial charge on any atom is -0.382 e. The molecule has 0 radical (unpaired) electrons. The fourth-order valence-electron chi connectivity index (χ4n) is 3.30. The van der Waals surface area contributed by atoms with Crippen LogP contribution in [0.2, 0.25) is 0 Å². The van der Waals surface area contributed by atoms with Crippen molar-refractivity contribution >= 4 is 11.6 Å². The van der Waals surface area contributed by atoms with E-state index in [0.717, 1.165) is 32.2 Å². The van der Waals surface area contributed by atoms with Gasteiger partial charge in [0.1, 0.15) is 0 Å². The second-order valence-corrected chi connectivity index (χ2v) is 6.48. The Morgan fingerprint density at radius 3 is 2.58 bits per heavy atom. The number of para-hydroxylation sites is 1. The van der Waals surface area contributed by atoms with Gasteiger partial charge >= 0.3 is 0 Å². The van der Waals surface area contributed by atoms with E-state index in [1.54, 1.807) is 0 Å². The van der Waals surface area contributed by atoms with Crippen LogP contribution in [-0.2, 0) is 6.42 Å². The third-order valence-corrected chi connectivity index (χ3v) is 4.66. The molecule has 1 fully saturated rings. The maximum atomic E-state index is 11.1. The molecule has 1 aliphatic rings. The minimum absolute atomic E-state index is 0.370. The molecule has 4 N–H and O–H groups in total. The number of primary amides is 1. The average Bonchev–Trinajstić information content (AvgIpc) is 2.61. The average molecular weight is 323 g/mol. The predicted octanol–water partition coefficient (Wildman–Crippen LogP) is 2.95. The molecule has 0 saturated carbocycles. The molecule has 2 unspecified atom stereocenters. The first-order valence-corrected chi connectivity index (χ1v) is 8.64. The van der Waals surface area contributed by atoms with Crippen molar-refractivity contribution in [2.24, 2.45) is 5.73 Å². The standard InChI is InChI=1S/C20H25N3O/c21-20(24)16-9-6-15(7-10-16)8-11-18-14-19(12-13-22-18)23-17-4-2-1-3-5-17/h1-7,9-10,18-19,22-23H,8,11-14H2,(H2,21,24). The molecule has 0 bridgehead atoms. The van der Waals surface area contributed by atoms with Crippen molar-refractivity contribution in [1.29, 1.82) is 0 Å². The summed E-state index contributed by atoms with van der Waals surface area (Å²) in [5, 5.41) is 7.26. The van der Waals surface area contributed by atoms with Crippen LogP contribution in [0.15, 0.2) is 54.6 Å². The van der Waals surface area contributed by atoms with E-state index >= 15 is 0 Å². The van der Waals surface area contributed by atoms with Gasteiger partial charge in [-0.2, -0.15) is 0 Å². The second kappa shape index (κ2) is 7.97. The van der Waals surface area contributed by atoms with E-state index in [2.05, 4.69) is 34.9 Å². The maximum absolute atomic E-state index is 11.1. The number of hydrogen-bond acceptors (Lipinski definition) is 3. The van der Waals surface area contributed by atoms with Crippen molar-refractivity contribution in [3.8, 4) is 0 Å². The van der Waals surface area contributed by atoms with Gasteiger partial charge in [-0.15, -0.1) is 0 Å². The lowest BCUT2D eigenvalue weighted by atomic mass is 9.94. The summed E-state index contributed by atoms with van der Waals surface area (Å²) in [5.41, 5.74) is 8.30. The lowest BCUT2D eigenvalue weighted by molar-refractivity contribution is 0.100. The highest BCUT2D eigenvalue weighted by Gasteiger charge is 2.21. The molecule has 1 aliphatic heterocycles. The van der Waals surface area contributed by atoms with Gasteiger partial charge in [0, 0.05) is 23.3 Å². The molecule has 4 nitrogen and oxygen atoms in total. The number of benzene rings is 2. The maximum Gasteiger partial charge on any atom is 0.248 e. The van der Waals surface area contributed by atoms with Crippen LogP contribution in [0.25, 0.3) is 0 Å². The molecule has 0 spiro atoms. The summed E-state index contributed by atoms with van der Waals surface area (Å²) in [4.78, 5) is 11.1. The Bertz CT molecular complexity index is 654. The van der Waals surface area contributed by atoms with Gasteiger partial charge in [-0.05, 0) is 62.1 Å². The molecule has 1 saturated heterocycles. The molecule has 0 aromatic heterocycles. The van der Waals surface area contributed by atoms with Crippen LogP contribution in [0.4, 0.5) is 5.69 Å². The highest BCUT2D eigenvalue weighted by Crippen LogP contribution is 2.18. The number of piperidine rings is 1. The Hall–Kier alpha value is -2.33. The predicted molar refractivity (Wildman–Crippen MR) is 98.2 cm³/mol. The van der Waals surface area contributed by atoms with Gasteiger partial charge in [0.05, 0.1) is 0 Å². The lowest BCUT2D eigenvalue weighted by Gasteiger charge is -2.31. The van der Waals surface area contributed by atoms with E-state index in [-0.39, 0.29) is 5.91 Å². The first-order chi connectivity index (χ1) is 11.7. The Kier molecular flexibility index (Phi) is 5.49. The van der Waals surface area contributed by atoms with Gasteiger partial charge in [-0.1, -0.05) is 30.3 Å². The molecule has 1 amide bonds. The quantitative estimate of drug-likeness (QED) is 0.765. The summed E-state index contributed by atoms with van der Waals surface area (Å²) >= 11 is 0. The fraction of sp³-hybridized carbons (Fsp3) is 0.350. The van der Waals surface area contributed by atoms with Crippen LogP contribution in [-0.4, -0.2) is 24.5 Å². The topological polar surface area (TPSA) is 67.2 Å². The number of amides is 1. The molecule has 4 heteroatoms. The van der Waals surface area contributed by atoms with E-state index in [1.807, 2.05) is 30.3 Å². The van der Waals surface area contributed by atoms with Crippen LogP contribution in [0.3, 0.4) is 0 Å². The number of hydrogen-bond donors (Lipinski definition) is 3. The van der Waals surface area contributed by atoms with Crippen molar-refractivity contribution in [3.05, 3.63) is 65.7 Å². The zero-order chi connectivity index (χ0) is 16.8. The molecule has 2 aromatic carbocycles. The van der Waals surface area contributed by atoms with E-state index in [1.165, 1.54) is 11.3 Å². The number of aryl methyl sites for hydroxylation is 1. The summed E-state index contributed by atoms with van der Waals surface area (Å²) in [5.74, 6) is -0.370. The molecule has 3 rings (SSSR count). The monoisotopic (exact) mass is 323 g/mol. The van der Waals surface area contributed by atoms with E-state index in [0.29, 0.717) is 17.6 Å². The molecule has 1 heterocycles. The van der Waals surface area contributed by atoms with Gasteiger partial charge in [0.15, 0.2) is 0 Å². The number of anilines is 1. The second-order valence-electron chi connectivity index (χ2n) is 6.48. The largest absolute Gasteiger partial charge is 0.382 e. The molecule has 126 valence electrons. The molecule has 2 atom stereocenters. The van der Waals surface area contributed by atoms with Gasteiger partial charge in [0.25, 0.3) is 0 Å². The summed E-state index contributed by atoms with van der Waals surface area (Å²) in [6.45, 7) is 1.05. The van der Waals surface area contributed by atoms with Crippen LogP contribution < -0.4 is 16.4 Å². The van der Waals surface area contributed by atoms with Gasteiger partial charge in [-0.3, -0.25) is 4.79 Å². The Labute approximate surface area is 143 Å². The minimum atomic E-state index is -0.370. The third-order valence-electron chi connectivity index (χ3n) is 4.66. The number of rotatable bonds is 6. The van der Waals surface area contributed by atoms with Crippen molar-refractivity contribution < 1.29 is 4.79 Å². The first-order valence-electron chi connectivity index (χ1n) is 8.64. The van der Waals surface area contributed by atoms with E-state index in [4.69, 9.17) is 5.73 Å². The van der Waals surface area contributed by atoms with Crippen molar-refractivity contribution in [2.75, 3.05) is 11.9 Å². The zero-order valence-electron chi connectivity index (χ0n) is 13.9. The number of nitrogens with two attached hydrogens (primary N) is 1. The molecule has 2 aromatic rings. The molecule has 24 heavy (non-hydrogen) atoms. The summed E-state index contributed by atoms with van der Waals surface area (Å²) in [6, 6.07) is 19.1. The highest BCUT2D eigenvalue weighted by atomic mass is 16.1. The van der Waals surface area contributed by atoms with Crippen molar-refractivity contribution in [2.45, 2.75) is 37.8 Å². The van der Waals surface area contributed by atoms with Crippen LogP contribution in [0.1, 0.15) is 35.2 Å². The number of carbonyl (C=O) groups excluding carboxylic acids is 1. The Morgan fingerprint density at radius 2 is 1.88 bits per heavy atom. The lowest BCUT2D eigenvalue weighted by Crippen LogP contribution is -2.43. The van der Waals surface area contributed by atoms with Gasteiger partial charge < -0.3 is 16.4 Å². The van der Waals surface area contributed by atoms with E-state index in [9.17, 15) is 4.79 Å². The summed E-state index contributed by atoms with van der Waals surface area (Å²) < 4.78 is 0. The van der Waals surface area contributed by atoms with Crippen molar-refractivity contribution in [3.63, 3.8) is 0 Å². The summed E-state index contributed by atoms with van der Waals surface area (Å²) in [7, 11) is 0. The van der Waals surface area contributed by atoms with Crippen LogP contribution >= 0.6 is 0 Å². The van der Waals surface area contributed by atoms with Gasteiger partial charge in [0.2, 0.25) is 5.91 Å². The molecular formula is C20H25N3O. The molecule has 0 aliphatic carbocycles. The third kappa shape index (κ3) is 4.59. The fourth-order valence-corrected chi connectivity index (χ4v) is 3.30. The zero-order valence-corrected chi connectivity index (χ0v) is 13.9. The van der Waals surface area contributed by atoms with E-state index < -0.39 is 0 Å². The smallest absolute Gasteiger partial charge is 0.248 e. The molecular weight excluding hydrogens is 298 g/mol. The SMILES string of the molecule is NC(=O)c1ccc(CCC2CC(Nc3ccccc3)CCN2)cc1. The number of carbonyl (C=O) groups is 1. The van der Waals surface area contributed by atoms with Crippen LogP contribution in [0, 0.1) is 0 Å².